The first-order chi connectivity index (χ1) is 15.9. The van der Waals surface area contributed by atoms with Gasteiger partial charge in [-0.05, 0) is 118 Å². The van der Waals surface area contributed by atoms with E-state index in [4.69, 9.17) is 4.74 Å². The molecule has 5 aliphatic rings. The number of aliphatic carboxylic acids is 1. The Labute approximate surface area is 212 Å². The lowest BCUT2D eigenvalue weighted by atomic mass is 9.38. The third-order valence-electron chi connectivity index (χ3n) is 13.3. The van der Waals surface area contributed by atoms with Gasteiger partial charge < -0.3 is 20.1 Å². The van der Waals surface area contributed by atoms with Gasteiger partial charge in [-0.1, -0.05) is 34.6 Å². The summed E-state index contributed by atoms with van der Waals surface area (Å²) in [7, 11) is 0. The average molecular weight is 491 g/mol. The summed E-state index contributed by atoms with van der Waals surface area (Å²) >= 11 is 0. The molecular weight excluding hydrogens is 440 g/mol. The second-order valence-electron chi connectivity index (χ2n) is 15.6. The molecule has 3 N–H and O–H groups in total. The van der Waals surface area contributed by atoms with Crippen molar-refractivity contribution in [3.8, 4) is 0 Å². The van der Waals surface area contributed by atoms with Crippen LogP contribution >= 0.6 is 0 Å². The number of hydrogen-bond donors (Lipinski definition) is 3. The largest absolute Gasteiger partial charge is 0.479 e. The van der Waals surface area contributed by atoms with Crippen molar-refractivity contribution in [2.75, 3.05) is 0 Å². The van der Waals surface area contributed by atoms with E-state index >= 15 is 0 Å². The summed E-state index contributed by atoms with van der Waals surface area (Å²) in [5, 5.41) is 33.5. The summed E-state index contributed by atoms with van der Waals surface area (Å²) in [6.07, 6.45) is 8.00. The Morgan fingerprint density at radius 1 is 0.857 bits per heavy atom. The number of fused-ring (bicyclic) bond motifs is 5. The summed E-state index contributed by atoms with van der Waals surface area (Å²) in [5.41, 5.74) is -3.12. The molecule has 200 valence electrons. The molecule has 1 aliphatic heterocycles. The van der Waals surface area contributed by atoms with Crippen molar-refractivity contribution in [2.24, 2.45) is 45.3 Å². The smallest absolute Gasteiger partial charge is 0.336 e. The molecule has 0 amide bonds. The Hall–Kier alpha value is -0.650. The van der Waals surface area contributed by atoms with Gasteiger partial charge in [0.15, 0.2) is 5.60 Å². The number of carboxylic acids is 1. The van der Waals surface area contributed by atoms with Crippen molar-refractivity contribution in [1.29, 1.82) is 0 Å². The number of aliphatic hydroxyl groups excluding tert-OH is 1. The van der Waals surface area contributed by atoms with E-state index in [0.717, 1.165) is 38.5 Å². The van der Waals surface area contributed by atoms with Gasteiger partial charge in [0.05, 0.1) is 17.3 Å². The van der Waals surface area contributed by atoms with E-state index in [1.165, 1.54) is 6.42 Å². The van der Waals surface area contributed by atoms with E-state index in [1.54, 1.807) is 0 Å². The molecule has 5 fully saturated rings. The Balaban J connectivity index is 1.54. The van der Waals surface area contributed by atoms with Crippen LogP contribution in [0.15, 0.2) is 0 Å². The van der Waals surface area contributed by atoms with E-state index in [1.807, 2.05) is 13.8 Å². The molecule has 0 unspecified atom stereocenters. The summed E-state index contributed by atoms with van der Waals surface area (Å²) < 4.78 is 6.82. The minimum atomic E-state index is -1.73. The number of carbonyl (C=O) groups is 1. The van der Waals surface area contributed by atoms with Gasteiger partial charge in [0, 0.05) is 5.41 Å². The highest BCUT2D eigenvalue weighted by atomic mass is 16.5. The summed E-state index contributed by atoms with van der Waals surface area (Å²) in [6, 6.07) is 0. The van der Waals surface area contributed by atoms with Crippen molar-refractivity contribution in [3.63, 3.8) is 0 Å². The normalized spacial score (nSPS) is 56.7. The molecule has 0 radical (unpaired) electrons. The van der Waals surface area contributed by atoms with E-state index in [-0.39, 0.29) is 51.6 Å². The molecule has 10 atom stereocenters. The van der Waals surface area contributed by atoms with E-state index in [9.17, 15) is 20.1 Å². The van der Waals surface area contributed by atoms with Crippen molar-refractivity contribution in [1.82, 2.24) is 0 Å². The molecule has 0 aromatic rings. The molecular formula is C30H50O5. The molecule has 0 aromatic heterocycles. The van der Waals surface area contributed by atoms with Crippen molar-refractivity contribution in [2.45, 2.75) is 136 Å². The Bertz CT molecular complexity index is 912. The van der Waals surface area contributed by atoms with Gasteiger partial charge in [0.2, 0.25) is 0 Å². The highest BCUT2D eigenvalue weighted by Crippen LogP contribution is 2.78. The predicted molar refractivity (Wildman–Crippen MR) is 136 cm³/mol. The maximum absolute atomic E-state index is 12.4. The van der Waals surface area contributed by atoms with Crippen LogP contribution in [0.2, 0.25) is 0 Å². The maximum Gasteiger partial charge on any atom is 0.336 e. The number of aliphatic hydroxyl groups is 2. The quantitative estimate of drug-likeness (QED) is 0.455. The first-order valence-corrected chi connectivity index (χ1v) is 14.2. The number of carboxylic acid groups (broad SMARTS) is 1. The highest BCUT2D eigenvalue weighted by Gasteiger charge is 2.76. The van der Waals surface area contributed by atoms with Crippen LogP contribution in [0.5, 0.6) is 0 Å². The molecule has 5 nitrogen and oxygen atoms in total. The lowest BCUT2D eigenvalue weighted by Crippen LogP contribution is -2.64. The van der Waals surface area contributed by atoms with Crippen LogP contribution in [0.25, 0.3) is 0 Å². The Kier molecular flexibility index (Phi) is 5.39. The lowest BCUT2D eigenvalue weighted by Gasteiger charge is -2.67. The second kappa shape index (κ2) is 7.26. The molecule has 4 saturated carbocycles. The average Bonchev–Trinajstić information content (AvgIpc) is 3.16. The molecule has 0 spiro atoms. The summed E-state index contributed by atoms with van der Waals surface area (Å²) in [5.74, 6) is -0.255. The van der Waals surface area contributed by atoms with E-state index in [0.29, 0.717) is 12.3 Å². The predicted octanol–water partition coefficient (Wildman–Crippen LogP) is 5.81. The summed E-state index contributed by atoms with van der Waals surface area (Å²) in [4.78, 5) is 12.4. The fourth-order valence-corrected chi connectivity index (χ4v) is 11.5. The van der Waals surface area contributed by atoms with Gasteiger partial charge in [0.25, 0.3) is 0 Å². The molecule has 5 heteroatoms. The highest BCUT2D eigenvalue weighted by molar-refractivity contribution is 5.79. The fourth-order valence-electron chi connectivity index (χ4n) is 11.5. The number of hydrogen-bond acceptors (Lipinski definition) is 4. The molecule has 1 saturated heterocycles. The van der Waals surface area contributed by atoms with Crippen molar-refractivity contribution < 1.29 is 24.9 Å². The van der Waals surface area contributed by atoms with Crippen LogP contribution in [-0.2, 0) is 9.53 Å². The topological polar surface area (TPSA) is 87.0 Å². The number of ether oxygens (including phenoxy) is 1. The van der Waals surface area contributed by atoms with Crippen LogP contribution < -0.4 is 0 Å². The third kappa shape index (κ3) is 3.07. The van der Waals surface area contributed by atoms with Gasteiger partial charge in [-0.3, -0.25) is 0 Å². The van der Waals surface area contributed by atoms with E-state index < -0.39 is 23.1 Å². The van der Waals surface area contributed by atoms with Gasteiger partial charge >= 0.3 is 5.97 Å². The van der Waals surface area contributed by atoms with Crippen LogP contribution in [0.1, 0.15) is 113 Å². The van der Waals surface area contributed by atoms with Crippen LogP contribution in [0, 0.1) is 45.3 Å². The van der Waals surface area contributed by atoms with Crippen LogP contribution in [0.4, 0.5) is 0 Å². The first kappa shape index (κ1) is 26.0. The van der Waals surface area contributed by atoms with Gasteiger partial charge in [0.1, 0.15) is 0 Å². The van der Waals surface area contributed by atoms with Crippen molar-refractivity contribution in [3.05, 3.63) is 0 Å². The molecule has 5 rings (SSSR count). The van der Waals surface area contributed by atoms with Crippen LogP contribution in [-0.4, -0.2) is 44.2 Å². The Morgan fingerprint density at radius 3 is 2.09 bits per heavy atom. The zero-order chi connectivity index (χ0) is 26.0. The van der Waals surface area contributed by atoms with Crippen molar-refractivity contribution >= 4 is 5.97 Å². The minimum Gasteiger partial charge on any atom is -0.479 e. The summed E-state index contributed by atoms with van der Waals surface area (Å²) in [6.45, 7) is 17.7. The SMILES string of the molecule is CC1(C)CCC[C@](C)([C@H]2CC[C@]3(C)[C@@H]2[C@H](O)C[C@@H]2[C@@]4(C)C[C@](O)(C(=O)O)C(C)(C)[C@@H]4CC[C@]23C)O1. The van der Waals surface area contributed by atoms with E-state index in [2.05, 4.69) is 41.5 Å². The Morgan fingerprint density at radius 2 is 1.49 bits per heavy atom. The third-order valence-corrected chi connectivity index (χ3v) is 13.3. The standard InChI is InChI=1S/C30H50O5/c1-24(2)12-9-13-29(8,35-24)18-10-14-28(7)22(18)19(31)16-21-26(5)17-30(34,23(32)33)25(3,4)20(26)11-15-27(21,28)6/h18-22,31,34H,9-17H2,1-8H3,(H,32,33)/t18-,19+,20-,21+,22-,26-,27+,28+,29+,30-/m0/s1. The van der Waals surface area contributed by atoms with Crippen LogP contribution in [0.3, 0.4) is 0 Å². The second-order valence-corrected chi connectivity index (χ2v) is 15.6. The molecule has 35 heavy (non-hydrogen) atoms. The minimum absolute atomic E-state index is 0.00270. The molecule has 0 bridgehead atoms. The zero-order valence-corrected chi connectivity index (χ0v) is 23.4. The molecule has 1 heterocycles. The maximum atomic E-state index is 12.4. The molecule has 4 aliphatic carbocycles. The number of rotatable bonds is 2. The van der Waals surface area contributed by atoms with Gasteiger partial charge in [-0.15, -0.1) is 0 Å². The molecule has 0 aromatic carbocycles. The fraction of sp³-hybridized carbons (Fsp3) is 0.967. The first-order valence-electron chi connectivity index (χ1n) is 14.2. The van der Waals surface area contributed by atoms with Gasteiger partial charge in [-0.2, -0.15) is 0 Å². The lowest BCUT2D eigenvalue weighted by molar-refractivity contribution is -0.239. The zero-order valence-electron chi connectivity index (χ0n) is 23.4. The monoisotopic (exact) mass is 490 g/mol. The van der Waals surface area contributed by atoms with Gasteiger partial charge in [-0.25, -0.2) is 4.79 Å².